The molecule has 3 rings (SSSR count). The average molecular weight is 386 g/mol. The molecule has 0 aliphatic rings. The van der Waals surface area contributed by atoms with Gasteiger partial charge in [-0.2, -0.15) is 14.9 Å². The number of H-pyrrole nitrogens is 1. The van der Waals surface area contributed by atoms with Crippen molar-refractivity contribution in [2.75, 3.05) is 6.61 Å². The fraction of sp³-hybridized carbons (Fsp3) is 0.111. The molecular weight excluding hydrogens is 371 g/mol. The molecule has 0 fully saturated rings. The molecule has 0 aliphatic heterocycles. The van der Waals surface area contributed by atoms with Gasteiger partial charge in [0.2, 0.25) is 4.77 Å². The summed E-state index contributed by atoms with van der Waals surface area (Å²) >= 11 is 5.20. The van der Waals surface area contributed by atoms with E-state index in [1.807, 2.05) is 0 Å². The van der Waals surface area contributed by atoms with Gasteiger partial charge < -0.3 is 9.84 Å². The lowest BCUT2D eigenvalue weighted by atomic mass is 10.1. The van der Waals surface area contributed by atoms with Gasteiger partial charge >= 0.3 is 5.97 Å². The van der Waals surface area contributed by atoms with E-state index < -0.39 is 12.6 Å². The monoisotopic (exact) mass is 386 g/mol. The van der Waals surface area contributed by atoms with Crippen molar-refractivity contribution in [2.45, 2.75) is 6.42 Å². The Morgan fingerprint density at radius 2 is 1.96 bits per heavy atom. The van der Waals surface area contributed by atoms with Crippen molar-refractivity contribution in [1.29, 1.82) is 0 Å². The van der Waals surface area contributed by atoms with E-state index in [0.29, 0.717) is 22.8 Å². The zero-order valence-electron chi connectivity index (χ0n) is 14.0. The molecule has 27 heavy (non-hydrogen) atoms. The summed E-state index contributed by atoms with van der Waals surface area (Å²) in [6, 6.07) is 12.9. The molecule has 0 saturated carbocycles. The smallest absolute Gasteiger partial charge is 0.341 e. The zero-order valence-corrected chi connectivity index (χ0v) is 14.8. The maximum Gasteiger partial charge on any atom is 0.341 e. The number of ether oxygens (including phenoxy) is 1. The van der Waals surface area contributed by atoms with Crippen molar-refractivity contribution in [3.8, 4) is 5.75 Å². The lowest BCUT2D eigenvalue weighted by Crippen LogP contribution is -2.09. The lowest BCUT2D eigenvalue weighted by molar-refractivity contribution is -0.139. The minimum Gasteiger partial charge on any atom is -0.482 e. The van der Waals surface area contributed by atoms with Gasteiger partial charge in [0.05, 0.1) is 6.21 Å². The Morgan fingerprint density at radius 1 is 1.26 bits per heavy atom. The number of carboxylic acids is 1. The number of aromatic amines is 1. The van der Waals surface area contributed by atoms with Gasteiger partial charge in [-0.3, -0.25) is 5.10 Å². The number of carbonyl (C=O) groups is 1. The Kier molecular flexibility index (Phi) is 5.72. The van der Waals surface area contributed by atoms with E-state index in [1.54, 1.807) is 42.6 Å². The zero-order chi connectivity index (χ0) is 19.2. The van der Waals surface area contributed by atoms with E-state index in [9.17, 15) is 9.18 Å². The van der Waals surface area contributed by atoms with Gasteiger partial charge in [0.1, 0.15) is 11.6 Å². The third kappa shape index (κ3) is 5.08. The van der Waals surface area contributed by atoms with Gasteiger partial charge in [-0.25, -0.2) is 9.18 Å². The number of hydrogen-bond donors (Lipinski definition) is 2. The standard InChI is InChI=1S/C18H15FN4O3S/c19-14-5-1-12(2-6-14)9-16-21-22-18(27)23(16)20-10-13-3-7-15(8-4-13)26-11-17(24)25/h1-8,10H,9,11H2,(H,22,27)(H,24,25)/b20-10-. The molecule has 0 bridgehead atoms. The maximum absolute atomic E-state index is 13.0. The van der Waals surface area contributed by atoms with Gasteiger partial charge in [0, 0.05) is 6.42 Å². The van der Waals surface area contributed by atoms with Crippen LogP contribution in [0.15, 0.2) is 53.6 Å². The van der Waals surface area contributed by atoms with Gasteiger partial charge in [-0.15, -0.1) is 0 Å². The maximum atomic E-state index is 13.0. The highest BCUT2D eigenvalue weighted by Gasteiger charge is 2.06. The predicted molar refractivity (Wildman–Crippen MR) is 99.2 cm³/mol. The van der Waals surface area contributed by atoms with Crippen LogP contribution in [0.5, 0.6) is 5.75 Å². The summed E-state index contributed by atoms with van der Waals surface area (Å²) in [5, 5.41) is 19.8. The molecule has 2 N–H and O–H groups in total. The summed E-state index contributed by atoms with van der Waals surface area (Å²) in [5.74, 6) is -0.300. The molecule has 0 amide bonds. The van der Waals surface area contributed by atoms with Gasteiger partial charge in [-0.05, 0) is 59.7 Å². The second-order valence-electron chi connectivity index (χ2n) is 5.56. The first kappa shape index (κ1) is 18.5. The molecule has 138 valence electrons. The Labute approximate surface area is 158 Å². The van der Waals surface area contributed by atoms with Gasteiger partial charge in [-0.1, -0.05) is 12.1 Å². The van der Waals surface area contributed by atoms with Crippen molar-refractivity contribution in [3.63, 3.8) is 0 Å². The van der Waals surface area contributed by atoms with Crippen LogP contribution in [0.1, 0.15) is 17.0 Å². The molecule has 7 nitrogen and oxygen atoms in total. The van der Waals surface area contributed by atoms with Crippen LogP contribution in [-0.2, 0) is 11.2 Å². The Hall–Kier alpha value is -3.33. The van der Waals surface area contributed by atoms with Crippen LogP contribution in [0.4, 0.5) is 4.39 Å². The highest BCUT2D eigenvalue weighted by molar-refractivity contribution is 7.71. The molecule has 0 aliphatic carbocycles. The van der Waals surface area contributed by atoms with Crippen LogP contribution in [0.2, 0.25) is 0 Å². The average Bonchev–Trinajstić information content (AvgIpc) is 3.00. The fourth-order valence-corrected chi connectivity index (χ4v) is 2.46. The number of benzene rings is 2. The van der Waals surface area contributed by atoms with Crippen LogP contribution in [0.25, 0.3) is 0 Å². The predicted octanol–water partition coefficient (Wildman–Crippen LogP) is 3.02. The fourth-order valence-electron chi connectivity index (χ4n) is 2.26. The third-order valence-corrected chi connectivity index (χ3v) is 3.82. The summed E-state index contributed by atoms with van der Waals surface area (Å²) in [4.78, 5) is 10.5. The highest BCUT2D eigenvalue weighted by atomic mass is 32.1. The number of aliphatic carboxylic acids is 1. The van der Waals surface area contributed by atoms with Crippen molar-refractivity contribution in [1.82, 2.24) is 14.9 Å². The minimum atomic E-state index is -1.04. The lowest BCUT2D eigenvalue weighted by Gasteiger charge is -2.03. The van der Waals surface area contributed by atoms with Gasteiger partial charge in [0.25, 0.3) is 0 Å². The van der Waals surface area contributed by atoms with E-state index >= 15 is 0 Å². The second-order valence-corrected chi connectivity index (χ2v) is 5.94. The number of halogens is 1. The highest BCUT2D eigenvalue weighted by Crippen LogP contribution is 2.12. The van der Waals surface area contributed by atoms with E-state index in [2.05, 4.69) is 15.3 Å². The van der Waals surface area contributed by atoms with Crippen molar-refractivity contribution in [2.24, 2.45) is 5.10 Å². The first-order chi connectivity index (χ1) is 13.0. The van der Waals surface area contributed by atoms with E-state index in [1.165, 1.54) is 16.8 Å². The molecule has 3 aromatic rings. The van der Waals surface area contributed by atoms with Crippen LogP contribution in [-0.4, -0.2) is 38.8 Å². The van der Waals surface area contributed by atoms with E-state index in [-0.39, 0.29) is 5.82 Å². The summed E-state index contributed by atoms with van der Waals surface area (Å²) in [7, 11) is 0. The van der Waals surface area contributed by atoms with E-state index in [4.69, 9.17) is 22.1 Å². The Morgan fingerprint density at radius 3 is 2.63 bits per heavy atom. The Balaban J connectivity index is 1.73. The van der Waals surface area contributed by atoms with Crippen molar-refractivity contribution < 1.29 is 19.0 Å². The molecular formula is C18H15FN4O3S. The van der Waals surface area contributed by atoms with Crippen molar-refractivity contribution >= 4 is 24.4 Å². The molecule has 0 radical (unpaired) electrons. The summed E-state index contributed by atoms with van der Waals surface area (Å²) in [6.07, 6.45) is 2.03. The number of nitrogens with one attached hydrogen (secondary N) is 1. The molecule has 0 unspecified atom stereocenters. The minimum absolute atomic E-state index is 0.300. The number of aromatic nitrogens is 3. The number of rotatable bonds is 7. The molecule has 2 aromatic carbocycles. The normalized spacial score (nSPS) is 11.0. The molecule has 0 spiro atoms. The van der Waals surface area contributed by atoms with Crippen LogP contribution < -0.4 is 4.74 Å². The molecule has 0 saturated heterocycles. The summed E-state index contributed by atoms with van der Waals surface area (Å²) < 4.78 is 19.9. The van der Waals surface area contributed by atoms with Gasteiger partial charge in [0.15, 0.2) is 12.4 Å². The first-order valence-electron chi connectivity index (χ1n) is 7.91. The SMILES string of the molecule is O=C(O)COc1ccc(/C=N\n2c(Cc3ccc(F)cc3)n[nH]c2=S)cc1. The number of nitrogens with zero attached hydrogens (tertiary/aromatic N) is 3. The number of carboxylic acid groups (broad SMARTS) is 1. The number of hydrogen-bond acceptors (Lipinski definition) is 5. The largest absolute Gasteiger partial charge is 0.482 e. The molecule has 1 heterocycles. The quantitative estimate of drug-likeness (QED) is 0.481. The van der Waals surface area contributed by atoms with Crippen molar-refractivity contribution in [3.05, 3.63) is 76.1 Å². The van der Waals surface area contributed by atoms with Crippen LogP contribution in [0, 0.1) is 10.6 Å². The molecule has 0 atom stereocenters. The topological polar surface area (TPSA) is 92.5 Å². The molecule has 1 aromatic heterocycles. The third-order valence-electron chi connectivity index (χ3n) is 3.56. The van der Waals surface area contributed by atoms with Crippen LogP contribution in [0.3, 0.4) is 0 Å². The summed E-state index contributed by atoms with van der Waals surface area (Å²) in [5.41, 5.74) is 1.65. The first-order valence-corrected chi connectivity index (χ1v) is 8.32. The van der Waals surface area contributed by atoms with E-state index in [0.717, 1.165) is 11.1 Å². The second kappa shape index (κ2) is 8.37. The Bertz CT molecular complexity index is 1010. The molecule has 9 heteroatoms. The summed E-state index contributed by atoms with van der Waals surface area (Å²) in [6.45, 7) is -0.398. The van der Waals surface area contributed by atoms with Crippen LogP contribution >= 0.6 is 12.2 Å².